The third kappa shape index (κ3) is 4.46. The second kappa shape index (κ2) is 7.82. The Morgan fingerprint density at radius 3 is 2.86 bits per heavy atom. The smallest absolute Gasteiger partial charge is 0.157 e. The molecule has 21 heavy (non-hydrogen) atoms. The Balaban J connectivity index is 1.39. The van der Waals surface area contributed by atoms with Gasteiger partial charge < -0.3 is 10.1 Å². The number of aliphatic imine (C=N–C) groups is 1. The van der Waals surface area contributed by atoms with Gasteiger partial charge in [0, 0.05) is 31.9 Å². The van der Waals surface area contributed by atoms with Crippen LogP contribution < -0.4 is 5.32 Å². The molecule has 2 heterocycles. The maximum absolute atomic E-state index is 5.36. The summed E-state index contributed by atoms with van der Waals surface area (Å²) in [6.45, 7) is 5.94. The van der Waals surface area contributed by atoms with E-state index in [1.165, 1.54) is 5.56 Å². The molecular weight excluding hydrogens is 282 g/mol. The van der Waals surface area contributed by atoms with Crippen molar-refractivity contribution in [2.24, 2.45) is 4.99 Å². The number of amidine groups is 1. The first-order valence-electron chi connectivity index (χ1n) is 7.70. The summed E-state index contributed by atoms with van der Waals surface area (Å²) in [6.07, 6.45) is 1.13. The Morgan fingerprint density at radius 2 is 2.05 bits per heavy atom. The van der Waals surface area contributed by atoms with E-state index < -0.39 is 0 Å². The Labute approximate surface area is 131 Å². The summed E-state index contributed by atoms with van der Waals surface area (Å²) < 4.78 is 5.36. The van der Waals surface area contributed by atoms with Gasteiger partial charge in [0.25, 0.3) is 0 Å². The van der Waals surface area contributed by atoms with Gasteiger partial charge in [-0.3, -0.25) is 9.89 Å². The van der Waals surface area contributed by atoms with E-state index in [2.05, 4.69) is 40.5 Å². The van der Waals surface area contributed by atoms with Crippen LogP contribution in [0.4, 0.5) is 0 Å². The van der Waals surface area contributed by atoms with E-state index in [1.54, 1.807) is 0 Å². The van der Waals surface area contributed by atoms with E-state index in [1.807, 2.05) is 11.8 Å². The Bertz CT molecular complexity index is 460. The molecule has 2 aliphatic heterocycles. The Hall–Kier alpha value is -1.04. The number of morpholine rings is 1. The van der Waals surface area contributed by atoms with Gasteiger partial charge in [-0.1, -0.05) is 42.1 Å². The van der Waals surface area contributed by atoms with Gasteiger partial charge in [-0.15, -0.1) is 0 Å². The summed E-state index contributed by atoms with van der Waals surface area (Å²) in [5.74, 6) is 1.08. The third-order valence-corrected chi connectivity index (χ3v) is 4.90. The highest BCUT2D eigenvalue weighted by Gasteiger charge is 2.21. The molecule has 0 saturated carbocycles. The molecule has 4 nitrogen and oxygen atoms in total. The minimum Gasteiger partial charge on any atom is -0.379 e. The normalized spacial score (nSPS) is 25.1. The SMILES string of the molecule is c1ccc(C2CSC(=NCCCN3CCOCC3)N2)cc1. The van der Waals surface area contributed by atoms with Crippen molar-refractivity contribution in [3.05, 3.63) is 35.9 Å². The lowest BCUT2D eigenvalue weighted by atomic mass is 10.1. The van der Waals surface area contributed by atoms with Crippen LogP contribution in [0.15, 0.2) is 35.3 Å². The van der Waals surface area contributed by atoms with E-state index in [9.17, 15) is 0 Å². The molecule has 0 spiro atoms. The highest BCUT2D eigenvalue weighted by molar-refractivity contribution is 8.14. The molecule has 0 amide bonds. The van der Waals surface area contributed by atoms with Crippen LogP contribution >= 0.6 is 11.8 Å². The zero-order valence-electron chi connectivity index (χ0n) is 12.3. The molecule has 0 bridgehead atoms. The summed E-state index contributed by atoms with van der Waals surface area (Å²) in [5, 5.41) is 4.63. The van der Waals surface area contributed by atoms with Crippen LogP contribution in [0.5, 0.6) is 0 Å². The molecule has 1 aromatic carbocycles. The summed E-state index contributed by atoms with van der Waals surface area (Å²) in [7, 11) is 0. The molecule has 1 atom stereocenters. The number of thioether (sulfide) groups is 1. The number of nitrogens with one attached hydrogen (secondary N) is 1. The van der Waals surface area contributed by atoms with Crippen LogP contribution in [-0.2, 0) is 4.74 Å². The predicted molar refractivity (Wildman–Crippen MR) is 89.0 cm³/mol. The first-order valence-corrected chi connectivity index (χ1v) is 8.69. The van der Waals surface area contributed by atoms with Crippen LogP contribution in [0.2, 0.25) is 0 Å². The molecule has 2 fully saturated rings. The molecule has 0 aliphatic carbocycles. The van der Waals surface area contributed by atoms with Gasteiger partial charge in [-0.05, 0) is 12.0 Å². The molecule has 3 rings (SSSR count). The lowest BCUT2D eigenvalue weighted by Crippen LogP contribution is -2.37. The quantitative estimate of drug-likeness (QED) is 0.846. The zero-order valence-corrected chi connectivity index (χ0v) is 13.1. The minimum atomic E-state index is 0.411. The van der Waals surface area contributed by atoms with Gasteiger partial charge in [0.05, 0.1) is 19.3 Å². The van der Waals surface area contributed by atoms with Gasteiger partial charge in [0.15, 0.2) is 5.17 Å². The van der Waals surface area contributed by atoms with Crippen molar-refractivity contribution in [2.75, 3.05) is 45.1 Å². The van der Waals surface area contributed by atoms with Gasteiger partial charge in [-0.25, -0.2) is 0 Å². The monoisotopic (exact) mass is 305 g/mol. The van der Waals surface area contributed by atoms with E-state index >= 15 is 0 Å². The van der Waals surface area contributed by atoms with Crippen molar-refractivity contribution in [3.63, 3.8) is 0 Å². The van der Waals surface area contributed by atoms with Crippen molar-refractivity contribution >= 4 is 16.9 Å². The van der Waals surface area contributed by atoms with Crippen molar-refractivity contribution in [2.45, 2.75) is 12.5 Å². The maximum atomic E-state index is 5.36. The first kappa shape index (κ1) is 14.9. The molecule has 1 aromatic rings. The van der Waals surface area contributed by atoms with Crippen LogP contribution in [0, 0.1) is 0 Å². The van der Waals surface area contributed by atoms with Gasteiger partial charge >= 0.3 is 0 Å². The molecule has 1 unspecified atom stereocenters. The molecule has 2 aliphatic rings. The number of hydrogen-bond acceptors (Lipinski definition) is 4. The number of ether oxygens (including phenoxy) is 1. The topological polar surface area (TPSA) is 36.9 Å². The van der Waals surface area contributed by atoms with E-state index in [0.29, 0.717) is 6.04 Å². The zero-order chi connectivity index (χ0) is 14.3. The molecular formula is C16H23N3OS. The Morgan fingerprint density at radius 1 is 1.24 bits per heavy atom. The standard InChI is InChI=1S/C16H23N3OS/c1-2-5-14(6-3-1)15-13-21-16(18-15)17-7-4-8-19-9-11-20-12-10-19/h1-3,5-6,15H,4,7-13H2,(H,17,18). The third-order valence-electron chi connectivity index (χ3n) is 3.88. The molecule has 2 saturated heterocycles. The van der Waals surface area contributed by atoms with Gasteiger partial charge in [-0.2, -0.15) is 0 Å². The van der Waals surface area contributed by atoms with Crippen molar-refractivity contribution in [3.8, 4) is 0 Å². The lowest BCUT2D eigenvalue weighted by molar-refractivity contribution is 0.0377. The predicted octanol–water partition coefficient (Wildman–Crippen LogP) is 2.14. The molecule has 0 aromatic heterocycles. The van der Waals surface area contributed by atoms with Crippen molar-refractivity contribution in [1.29, 1.82) is 0 Å². The van der Waals surface area contributed by atoms with Crippen molar-refractivity contribution in [1.82, 2.24) is 10.2 Å². The first-order chi connectivity index (χ1) is 10.4. The lowest BCUT2D eigenvalue weighted by Gasteiger charge is -2.26. The van der Waals surface area contributed by atoms with Crippen LogP contribution in [0.1, 0.15) is 18.0 Å². The average molecular weight is 305 g/mol. The maximum Gasteiger partial charge on any atom is 0.157 e. The summed E-state index contributed by atoms with van der Waals surface area (Å²) >= 11 is 1.84. The van der Waals surface area contributed by atoms with Crippen LogP contribution in [0.3, 0.4) is 0 Å². The minimum absolute atomic E-state index is 0.411. The summed E-state index contributed by atoms with van der Waals surface area (Å²) in [4.78, 5) is 7.16. The molecule has 114 valence electrons. The van der Waals surface area contributed by atoms with Gasteiger partial charge in [0.2, 0.25) is 0 Å². The van der Waals surface area contributed by atoms with Crippen molar-refractivity contribution < 1.29 is 4.74 Å². The summed E-state index contributed by atoms with van der Waals surface area (Å²) in [6, 6.07) is 11.0. The number of benzene rings is 1. The highest BCUT2D eigenvalue weighted by atomic mass is 32.2. The Kier molecular flexibility index (Phi) is 5.54. The average Bonchev–Trinajstić information content (AvgIpc) is 3.02. The van der Waals surface area contributed by atoms with E-state index in [0.717, 1.165) is 56.7 Å². The second-order valence-electron chi connectivity index (χ2n) is 5.41. The fourth-order valence-electron chi connectivity index (χ4n) is 2.65. The molecule has 1 N–H and O–H groups in total. The fourth-order valence-corrected chi connectivity index (χ4v) is 3.66. The molecule has 5 heteroatoms. The highest BCUT2D eigenvalue weighted by Crippen LogP contribution is 2.25. The van der Waals surface area contributed by atoms with E-state index in [4.69, 9.17) is 9.73 Å². The number of rotatable bonds is 5. The van der Waals surface area contributed by atoms with Crippen LogP contribution in [0.25, 0.3) is 0 Å². The van der Waals surface area contributed by atoms with Crippen LogP contribution in [-0.4, -0.2) is 55.2 Å². The second-order valence-corrected chi connectivity index (χ2v) is 6.42. The largest absolute Gasteiger partial charge is 0.379 e. The number of nitrogens with zero attached hydrogens (tertiary/aromatic N) is 2. The molecule has 0 radical (unpaired) electrons. The van der Waals surface area contributed by atoms with E-state index in [-0.39, 0.29) is 0 Å². The van der Waals surface area contributed by atoms with Gasteiger partial charge in [0.1, 0.15) is 0 Å². The number of hydrogen-bond donors (Lipinski definition) is 1. The summed E-state index contributed by atoms with van der Waals surface area (Å²) in [5.41, 5.74) is 1.35. The fraction of sp³-hybridized carbons (Fsp3) is 0.562.